The Bertz CT molecular complexity index is 615. The van der Waals surface area contributed by atoms with Crippen molar-refractivity contribution < 1.29 is 9.13 Å². The molecule has 0 aliphatic heterocycles. The van der Waals surface area contributed by atoms with Crippen LogP contribution in [-0.2, 0) is 0 Å². The Kier molecular flexibility index (Phi) is 4.50. The summed E-state index contributed by atoms with van der Waals surface area (Å²) in [6, 6.07) is 10.4. The van der Waals surface area contributed by atoms with Crippen LogP contribution in [0.15, 0.2) is 36.4 Å². The van der Waals surface area contributed by atoms with Gasteiger partial charge in [-0.25, -0.2) is 4.39 Å². The van der Waals surface area contributed by atoms with Gasteiger partial charge in [-0.15, -0.1) is 0 Å². The van der Waals surface area contributed by atoms with Crippen LogP contribution in [0, 0.1) is 12.7 Å². The Hall–Kier alpha value is -1.74. The highest BCUT2D eigenvalue weighted by atomic mass is 35.5. The monoisotopic (exact) mass is 293 g/mol. The third-order valence-electron chi connectivity index (χ3n) is 3.23. The first-order chi connectivity index (χ1) is 9.51. The summed E-state index contributed by atoms with van der Waals surface area (Å²) < 4.78 is 19.0. The molecular formula is C16H17ClFNO. The average Bonchev–Trinajstić information content (AvgIpc) is 2.42. The largest absolute Gasteiger partial charge is 0.497 e. The topological polar surface area (TPSA) is 21.3 Å². The van der Waals surface area contributed by atoms with E-state index in [4.69, 9.17) is 16.3 Å². The quantitative estimate of drug-likeness (QED) is 0.859. The van der Waals surface area contributed by atoms with Gasteiger partial charge in [0.1, 0.15) is 11.6 Å². The highest BCUT2D eigenvalue weighted by Crippen LogP contribution is 2.27. The Morgan fingerprint density at radius 3 is 2.55 bits per heavy atom. The molecule has 2 aromatic rings. The molecule has 1 unspecified atom stereocenters. The minimum atomic E-state index is -0.289. The summed E-state index contributed by atoms with van der Waals surface area (Å²) in [5.74, 6) is 0.222. The maximum atomic E-state index is 14.0. The second-order valence-electron chi connectivity index (χ2n) is 4.72. The van der Waals surface area contributed by atoms with Crippen LogP contribution in [-0.4, -0.2) is 7.11 Å². The molecule has 4 heteroatoms. The van der Waals surface area contributed by atoms with E-state index in [1.807, 2.05) is 32.0 Å². The summed E-state index contributed by atoms with van der Waals surface area (Å²) in [6.07, 6.45) is 0. The van der Waals surface area contributed by atoms with Gasteiger partial charge < -0.3 is 10.1 Å². The number of rotatable bonds is 4. The number of hydrogen-bond donors (Lipinski definition) is 1. The molecule has 20 heavy (non-hydrogen) atoms. The second kappa shape index (κ2) is 6.14. The highest BCUT2D eigenvalue weighted by molar-refractivity contribution is 6.31. The lowest BCUT2D eigenvalue weighted by molar-refractivity contribution is 0.410. The van der Waals surface area contributed by atoms with Crippen molar-refractivity contribution in [1.82, 2.24) is 0 Å². The number of hydrogen-bond acceptors (Lipinski definition) is 2. The lowest BCUT2D eigenvalue weighted by Gasteiger charge is -2.17. The fourth-order valence-corrected chi connectivity index (χ4v) is 2.18. The van der Waals surface area contributed by atoms with Gasteiger partial charge in [-0.05, 0) is 37.6 Å². The zero-order valence-corrected chi connectivity index (χ0v) is 12.5. The van der Waals surface area contributed by atoms with Crippen LogP contribution in [0.5, 0.6) is 5.75 Å². The normalized spacial score (nSPS) is 12.1. The predicted molar refractivity (Wildman–Crippen MR) is 81.2 cm³/mol. The number of methoxy groups -OCH3 is 1. The fourth-order valence-electron chi connectivity index (χ4n) is 2.00. The van der Waals surface area contributed by atoms with Gasteiger partial charge in [0, 0.05) is 22.3 Å². The van der Waals surface area contributed by atoms with Crippen LogP contribution >= 0.6 is 11.6 Å². The van der Waals surface area contributed by atoms with E-state index in [1.165, 1.54) is 13.2 Å². The number of ether oxygens (including phenoxy) is 1. The Balaban J connectivity index is 2.19. The Morgan fingerprint density at radius 2 is 1.95 bits per heavy atom. The third kappa shape index (κ3) is 3.23. The van der Waals surface area contributed by atoms with Gasteiger partial charge in [-0.1, -0.05) is 23.7 Å². The van der Waals surface area contributed by atoms with Crippen molar-refractivity contribution in [2.75, 3.05) is 12.4 Å². The van der Waals surface area contributed by atoms with E-state index in [0.29, 0.717) is 16.3 Å². The van der Waals surface area contributed by atoms with Gasteiger partial charge in [0.2, 0.25) is 0 Å². The third-order valence-corrected chi connectivity index (χ3v) is 3.64. The molecule has 0 amide bonds. The van der Waals surface area contributed by atoms with E-state index >= 15 is 0 Å². The van der Waals surface area contributed by atoms with E-state index in [0.717, 1.165) is 11.3 Å². The van der Waals surface area contributed by atoms with Crippen LogP contribution in [0.1, 0.15) is 24.1 Å². The van der Waals surface area contributed by atoms with Crippen LogP contribution in [0.3, 0.4) is 0 Å². The van der Waals surface area contributed by atoms with Crippen LogP contribution < -0.4 is 10.1 Å². The van der Waals surface area contributed by atoms with Crippen molar-refractivity contribution in [1.29, 1.82) is 0 Å². The molecule has 2 rings (SSSR count). The predicted octanol–water partition coefficient (Wildman–Crippen LogP) is 4.97. The molecule has 0 saturated heterocycles. The van der Waals surface area contributed by atoms with Gasteiger partial charge in [0.05, 0.1) is 13.2 Å². The molecule has 1 atom stereocenters. The van der Waals surface area contributed by atoms with Gasteiger partial charge in [-0.2, -0.15) is 0 Å². The molecule has 106 valence electrons. The van der Waals surface area contributed by atoms with Gasteiger partial charge in [-0.3, -0.25) is 0 Å². The standard InChI is InChI=1S/C16H17ClFNO/c1-10-4-5-12(8-15(10)17)19-11(2)14-7-6-13(20-3)9-16(14)18/h4-9,11,19H,1-3H3. The lowest BCUT2D eigenvalue weighted by Crippen LogP contribution is -2.08. The van der Waals surface area contributed by atoms with E-state index in [1.54, 1.807) is 12.1 Å². The number of aryl methyl sites for hydroxylation is 1. The number of benzene rings is 2. The first-order valence-electron chi connectivity index (χ1n) is 6.37. The summed E-state index contributed by atoms with van der Waals surface area (Å²) in [7, 11) is 1.52. The number of nitrogens with one attached hydrogen (secondary N) is 1. The highest BCUT2D eigenvalue weighted by Gasteiger charge is 2.12. The van der Waals surface area contributed by atoms with Gasteiger partial charge >= 0.3 is 0 Å². The zero-order valence-electron chi connectivity index (χ0n) is 11.7. The summed E-state index contributed by atoms with van der Waals surface area (Å²) in [5.41, 5.74) is 2.46. The van der Waals surface area contributed by atoms with Gasteiger partial charge in [0.15, 0.2) is 0 Å². The maximum absolute atomic E-state index is 14.0. The smallest absolute Gasteiger partial charge is 0.132 e. The molecule has 0 aliphatic rings. The summed E-state index contributed by atoms with van der Waals surface area (Å²) in [5, 5.41) is 3.93. The zero-order chi connectivity index (χ0) is 14.7. The first-order valence-corrected chi connectivity index (χ1v) is 6.75. The Labute approximate surface area is 123 Å². The summed E-state index contributed by atoms with van der Waals surface area (Å²) in [4.78, 5) is 0. The van der Waals surface area contributed by atoms with E-state index in [2.05, 4.69) is 5.32 Å². The molecule has 0 spiro atoms. The SMILES string of the molecule is COc1ccc(C(C)Nc2ccc(C)c(Cl)c2)c(F)c1. The minimum Gasteiger partial charge on any atom is -0.497 e. The molecule has 0 heterocycles. The van der Waals surface area contributed by atoms with Crippen molar-refractivity contribution in [3.63, 3.8) is 0 Å². The van der Waals surface area contributed by atoms with Crippen LogP contribution in [0.4, 0.5) is 10.1 Å². The molecule has 0 aromatic heterocycles. The van der Waals surface area contributed by atoms with Crippen molar-refractivity contribution in [2.24, 2.45) is 0 Å². The van der Waals surface area contributed by atoms with Crippen LogP contribution in [0.25, 0.3) is 0 Å². The molecule has 1 N–H and O–H groups in total. The van der Waals surface area contributed by atoms with Crippen molar-refractivity contribution in [3.8, 4) is 5.75 Å². The summed E-state index contributed by atoms with van der Waals surface area (Å²) >= 11 is 6.08. The second-order valence-corrected chi connectivity index (χ2v) is 5.12. The van der Waals surface area contributed by atoms with E-state index < -0.39 is 0 Å². The van der Waals surface area contributed by atoms with Crippen molar-refractivity contribution in [3.05, 3.63) is 58.4 Å². The van der Waals surface area contributed by atoms with E-state index in [9.17, 15) is 4.39 Å². The number of halogens is 2. The molecule has 0 aliphatic carbocycles. The molecule has 0 radical (unpaired) electrons. The first kappa shape index (κ1) is 14.7. The fraction of sp³-hybridized carbons (Fsp3) is 0.250. The molecule has 0 saturated carbocycles. The molecular weight excluding hydrogens is 277 g/mol. The number of anilines is 1. The summed E-state index contributed by atoms with van der Waals surface area (Å²) in [6.45, 7) is 3.84. The average molecular weight is 294 g/mol. The molecule has 0 bridgehead atoms. The molecule has 0 fully saturated rings. The molecule has 2 nitrogen and oxygen atoms in total. The van der Waals surface area contributed by atoms with Gasteiger partial charge in [0.25, 0.3) is 0 Å². The molecule has 2 aromatic carbocycles. The van der Waals surface area contributed by atoms with Crippen LogP contribution in [0.2, 0.25) is 5.02 Å². The minimum absolute atomic E-state index is 0.167. The van der Waals surface area contributed by atoms with E-state index in [-0.39, 0.29) is 11.9 Å². The van der Waals surface area contributed by atoms with Crippen molar-refractivity contribution in [2.45, 2.75) is 19.9 Å². The Morgan fingerprint density at radius 1 is 1.20 bits per heavy atom. The lowest BCUT2D eigenvalue weighted by atomic mass is 10.1. The maximum Gasteiger partial charge on any atom is 0.132 e. The van der Waals surface area contributed by atoms with Crippen molar-refractivity contribution >= 4 is 17.3 Å².